The molecule has 0 radical (unpaired) electrons. The van der Waals surface area contributed by atoms with Crippen LogP contribution in [0.4, 0.5) is 18.9 Å². The molecule has 0 spiro atoms. The molecule has 2 aromatic rings. The molecular weight excluding hydrogens is 488 g/mol. The minimum absolute atomic E-state index is 0.0634. The van der Waals surface area contributed by atoms with E-state index in [0.717, 1.165) is 18.2 Å². The monoisotopic (exact) mass is 502 g/mol. The maximum atomic E-state index is 12.8. The smallest absolute Gasteiger partial charge is 0.416 e. The number of amides is 1. The lowest BCUT2D eigenvalue weighted by Gasteiger charge is -2.10. The van der Waals surface area contributed by atoms with Crippen molar-refractivity contribution < 1.29 is 27.8 Å². The van der Waals surface area contributed by atoms with Gasteiger partial charge in [0.25, 0.3) is 5.91 Å². The van der Waals surface area contributed by atoms with E-state index in [1.807, 2.05) is 22.6 Å². The highest BCUT2D eigenvalue weighted by molar-refractivity contribution is 14.1. The summed E-state index contributed by atoms with van der Waals surface area (Å²) in [6.07, 6.45) is -3.29. The van der Waals surface area contributed by atoms with Crippen LogP contribution in [0.15, 0.2) is 42.0 Å². The summed E-state index contributed by atoms with van der Waals surface area (Å²) in [5.41, 5.74) is -0.902. The molecule has 0 aliphatic rings. The maximum Gasteiger partial charge on any atom is 0.416 e. The summed E-state index contributed by atoms with van der Waals surface area (Å²) < 4.78 is 44.1. The molecule has 5 nitrogen and oxygen atoms in total. The molecular formula is C19H14F3IN2O3. The fourth-order valence-corrected chi connectivity index (χ4v) is 2.85. The van der Waals surface area contributed by atoms with Crippen molar-refractivity contribution in [1.29, 1.82) is 5.26 Å². The lowest BCUT2D eigenvalue weighted by molar-refractivity contribution is -0.137. The van der Waals surface area contributed by atoms with E-state index >= 15 is 0 Å². The van der Waals surface area contributed by atoms with Gasteiger partial charge in [-0.15, -0.1) is 0 Å². The average Bonchev–Trinajstić information content (AvgIpc) is 2.63. The van der Waals surface area contributed by atoms with E-state index in [2.05, 4.69) is 5.32 Å². The van der Waals surface area contributed by atoms with Gasteiger partial charge in [-0.2, -0.15) is 18.4 Å². The third kappa shape index (κ3) is 5.39. The zero-order chi connectivity index (χ0) is 20.9. The number of alkyl halides is 3. The molecule has 1 amide bonds. The number of carbonyl (C=O) groups excluding carboxylic acids is 1. The number of rotatable bonds is 5. The number of nitrogens with zero attached hydrogens (tertiary/aromatic N) is 1. The molecule has 0 unspecified atom stereocenters. The van der Waals surface area contributed by atoms with Crippen molar-refractivity contribution in [2.45, 2.75) is 13.1 Å². The summed E-state index contributed by atoms with van der Waals surface area (Å²) in [7, 11) is 0. The predicted molar refractivity (Wildman–Crippen MR) is 106 cm³/mol. The number of carbonyl (C=O) groups is 1. The Bertz CT molecular complexity index is 966. The van der Waals surface area contributed by atoms with E-state index in [0.29, 0.717) is 15.7 Å². The maximum absolute atomic E-state index is 12.8. The zero-order valence-corrected chi connectivity index (χ0v) is 16.6. The summed E-state index contributed by atoms with van der Waals surface area (Å²) >= 11 is 1.87. The molecule has 0 saturated heterocycles. The first-order valence-corrected chi connectivity index (χ1v) is 8.99. The van der Waals surface area contributed by atoms with Gasteiger partial charge in [0, 0.05) is 5.69 Å². The van der Waals surface area contributed by atoms with E-state index in [1.165, 1.54) is 24.3 Å². The van der Waals surface area contributed by atoms with Gasteiger partial charge < -0.3 is 15.2 Å². The number of benzene rings is 2. The first kappa shape index (κ1) is 21.6. The van der Waals surface area contributed by atoms with Gasteiger partial charge in [0.2, 0.25) is 0 Å². The van der Waals surface area contributed by atoms with Crippen LogP contribution in [0.5, 0.6) is 11.5 Å². The first-order valence-electron chi connectivity index (χ1n) is 7.91. The second-order valence-corrected chi connectivity index (χ2v) is 6.65. The number of hydrogen-bond acceptors (Lipinski definition) is 4. The first-order chi connectivity index (χ1) is 13.2. The number of phenols is 1. The molecule has 0 aromatic heterocycles. The summed E-state index contributed by atoms with van der Waals surface area (Å²) in [6, 6.07) is 8.82. The molecule has 0 aliphatic carbocycles. The fraction of sp³-hybridized carbons (Fsp3) is 0.158. The summed E-state index contributed by atoms with van der Waals surface area (Å²) in [5, 5.41) is 21.5. The highest BCUT2D eigenvalue weighted by atomic mass is 127. The van der Waals surface area contributed by atoms with Crippen LogP contribution in [-0.2, 0) is 11.0 Å². The van der Waals surface area contributed by atoms with Crippen molar-refractivity contribution in [3.63, 3.8) is 0 Å². The molecule has 0 saturated carbocycles. The quantitative estimate of drug-likeness (QED) is 0.344. The van der Waals surface area contributed by atoms with Gasteiger partial charge >= 0.3 is 6.18 Å². The summed E-state index contributed by atoms with van der Waals surface area (Å²) in [6.45, 7) is 2.04. The minimum atomic E-state index is -4.55. The van der Waals surface area contributed by atoms with Crippen molar-refractivity contribution in [3.05, 3.63) is 56.7 Å². The summed E-state index contributed by atoms with van der Waals surface area (Å²) in [4.78, 5) is 12.3. The molecule has 0 heterocycles. The SMILES string of the molecule is CCOc1cc(/C=C(\C#N)C(=O)Nc2cccc(C(F)(F)F)c2)cc(I)c1O. The van der Waals surface area contributed by atoms with Crippen LogP contribution in [0.2, 0.25) is 0 Å². The van der Waals surface area contributed by atoms with Crippen molar-refractivity contribution in [3.8, 4) is 17.6 Å². The number of nitriles is 1. The van der Waals surface area contributed by atoms with Crippen LogP contribution in [0.3, 0.4) is 0 Å². The Kier molecular flexibility index (Phi) is 6.90. The normalized spacial score (nSPS) is 11.6. The highest BCUT2D eigenvalue weighted by Gasteiger charge is 2.30. The predicted octanol–water partition coefficient (Wildman–Crippen LogP) is 4.96. The van der Waals surface area contributed by atoms with Gasteiger partial charge in [-0.3, -0.25) is 4.79 Å². The molecule has 2 rings (SSSR count). The highest BCUT2D eigenvalue weighted by Crippen LogP contribution is 2.34. The van der Waals surface area contributed by atoms with Crippen molar-refractivity contribution >= 4 is 40.3 Å². The van der Waals surface area contributed by atoms with Gasteiger partial charge in [0.1, 0.15) is 11.6 Å². The standard InChI is InChI=1S/C19H14F3IN2O3/c1-2-28-16-8-11(7-15(23)17(16)26)6-12(10-24)18(27)25-14-5-3-4-13(9-14)19(20,21)22/h3-9,26H,2H2,1H3,(H,25,27)/b12-6+. The molecule has 0 aliphatic heterocycles. The topological polar surface area (TPSA) is 82.3 Å². The number of aromatic hydroxyl groups is 1. The van der Waals surface area contributed by atoms with Crippen molar-refractivity contribution in [1.82, 2.24) is 0 Å². The molecule has 0 fully saturated rings. The van der Waals surface area contributed by atoms with Gasteiger partial charge in [-0.25, -0.2) is 0 Å². The average molecular weight is 502 g/mol. The zero-order valence-electron chi connectivity index (χ0n) is 14.5. The van der Waals surface area contributed by atoms with Gasteiger partial charge in [0.05, 0.1) is 15.7 Å². The van der Waals surface area contributed by atoms with E-state index in [9.17, 15) is 28.3 Å². The second-order valence-electron chi connectivity index (χ2n) is 5.48. The van der Waals surface area contributed by atoms with Crippen LogP contribution in [0.1, 0.15) is 18.1 Å². The van der Waals surface area contributed by atoms with Gasteiger partial charge in [-0.1, -0.05) is 6.07 Å². The number of nitrogens with one attached hydrogen (secondary N) is 1. The fourth-order valence-electron chi connectivity index (χ4n) is 2.23. The Morgan fingerprint density at radius 3 is 2.68 bits per heavy atom. The third-order valence-electron chi connectivity index (χ3n) is 3.47. The van der Waals surface area contributed by atoms with Crippen LogP contribution in [-0.4, -0.2) is 17.6 Å². The minimum Gasteiger partial charge on any atom is -0.504 e. The van der Waals surface area contributed by atoms with Crippen molar-refractivity contribution in [2.75, 3.05) is 11.9 Å². The van der Waals surface area contributed by atoms with Crippen LogP contribution >= 0.6 is 22.6 Å². The molecule has 146 valence electrons. The Labute approximate surface area is 172 Å². The molecule has 28 heavy (non-hydrogen) atoms. The Balaban J connectivity index is 2.31. The lowest BCUT2D eigenvalue weighted by atomic mass is 10.1. The lowest BCUT2D eigenvalue weighted by Crippen LogP contribution is -2.14. The number of anilines is 1. The molecule has 0 bridgehead atoms. The van der Waals surface area contributed by atoms with Gasteiger partial charge in [0.15, 0.2) is 11.5 Å². The van der Waals surface area contributed by atoms with E-state index in [-0.39, 0.29) is 22.8 Å². The Hall–Kier alpha value is -2.74. The Morgan fingerprint density at radius 1 is 1.36 bits per heavy atom. The number of ether oxygens (including phenoxy) is 1. The molecule has 0 atom stereocenters. The molecule has 2 N–H and O–H groups in total. The number of halogens is 4. The number of hydrogen-bond donors (Lipinski definition) is 2. The van der Waals surface area contributed by atoms with E-state index in [4.69, 9.17) is 4.74 Å². The largest absolute Gasteiger partial charge is 0.504 e. The van der Waals surface area contributed by atoms with E-state index < -0.39 is 17.6 Å². The van der Waals surface area contributed by atoms with Crippen LogP contribution < -0.4 is 10.1 Å². The van der Waals surface area contributed by atoms with Crippen LogP contribution in [0.25, 0.3) is 6.08 Å². The third-order valence-corrected chi connectivity index (χ3v) is 4.30. The second kappa shape index (κ2) is 8.97. The molecule has 9 heteroatoms. The van der Waals surface area contributed by atoms with E-state index in [1.54, 1.807) is 13.0 Å². The van der Waals surface area contributed by atoms with Crippen LogP contribution in [0, 0.1) is 14.9 Å². The van der Waals surface area contributed by atoms with Crippen molar-refractivity contribution in [2.24, 2.45) is 0 Å². The molecule has 2 aromatic carbocycles. The van der Waals surface area contributed by atoms with Gasteiger partial charge in [-0.05, 0) is 71.5 Å². The summed E-state index contributed by atoms with van der Waals surface area (Å²) in [5.74, 6) is -0.731. The Morgan fingerprint density at radius 2 is 2.07 bits per heavy atom. The number of phenolic OH excluding ortho intramolecular Hbond substituents is 1.